The highest BCUT2D eigenvalue weighted by atomic mass is 16.6. The van der Waals surface area contributed by atoms with Crippen LogP contribution in [0.2, 0.25) is 0 Å². The summed E-state index contributed by atoms with van der Waals surface area (Å²) in [4.78, 5) is 21.7. The highest BCUT2D eigenvalue weighted by Gasteiger charge is 2.10. The number of aromatic nitrogens is 3. The molecule has 0 fully saturated rings. The number of nitrogens with zero attached hydrogens (tertiary/aromatic N) is 5. The molecule has 0 atom stereocenters. The Morgan fingerprint density at radius 2 is 2.11 bits per heavy atom. The van der Waals surface area contributed by atoms with Crippen molar-refractivity contribution in [3.05, 3.63) is 11.6 Å². The third-order valence-electron chi connectivity index (χ3n) is 1.91. The lowest BCUT2D eigenvalue weighted by molar-refractivity contribution is 0.0842. The van der Waals surface area contributed by atoms with Crippen molar-refractivity contribution in [2.45, 2.75) is 20.1 Å². The molecule has 9 nitrogen and oxygen atoms in total. The van der Waals surface area contributed by atoms with Gasteiger partial charge in [-0.15, -0.1) is 5.16 Å². The van der Waals surface area contributed by atoms with Crippen molar-refractivity contribution in [3.63, 3.8) is 0 Å². The van der Waals surface area contributed by atoms with E-state index in [4.69, 9.17) is 9.68 Å². The molecular formula is C9H16N6O3. The normalized spacial score (nSPS) is 10.2. The van der Waals surface area contributed by atoms with E-state index in [-0.39, 0.29) is 19.1 Å². The van der Waals surface area contributed by atoms with E-state index in [9.17, 15) is 5.21 Å². The molecule has 0 amide bonds. The first-order valence-corrected chi connectivity index (χ1v) is 5.25. The zero-order chi connectivity index (χ0) is 13.4. The van der Waals surface area contributed by atoms with Gasteiger partial charge in [0, 0.05) is 13.3 Å². The van der Waals surface area contributed by atoms with E-state index in [1.165, 1.54) is 7.11 Å². The van der Waals surface area contributed by atoms with Crippen LogP contribution in [0, 0.1) is 0 Å². The van der Waals surface area contributed by atoms with Gasteiger partial charge >= 0.3 is 0 Å². The average Bonchev–Trinajstić information content (AvgIpc) is 2.41. The SMILES string of the molecule is C=NOCc1nc(CNOC)nc(N(O)CC)n1. The zero-order valence-electron chi connectivity index (χ0n) is 10.3. The number of rotatable bonds is 8. The predicted molar refractivity (Wildman–Crippen MR) is 62.8 cm³/mol. The smallest absolute Gasteiger partial charge is 0.253 e. The van der Waals surface area contributed by atoms with Gasteiger partial charge in [-0.3, -0.25) is 5.21 Å². The fraction of sp³-hybridized carbons (Fsp3) is 0.556. The Labute approximate surface area is 104 Å². The Kier molecular flexibility index (Phi) is 5.91. The summed E-state index contributed by atoms with van der Waals surface area (Å²) in [5, 5.41) is 13.7. The number of nitrogens with one attached hydrogen (secondary N) is 1. The lowest BCUT2D eigenvalue weighted by atomic mass is 10.5. The van der Waals surface area contributed by atoms with Gasteiger partial charge in [-0.25, -0.2) is 10.0 Å². The van der Waals surface area contributed by atoms with Crippen LogP contribution in [-0.4, -0.2) is 40.5 Å². The van der Waals surface area contributed by atoms with Crippen molar-refractivity contribution in [2.24, 2.45) is 5.16 Å². The Morgan fingerprint density at radius 1 is 1.39 bits per heavy atom. The Bertz CT molecular complexity index is 389. The summed E-state index contributed by atoms with van der Waals surface area (Å²) in [7, 11) is 1.48. The van der Waals surface area contributed by atoms with Gasteiger partial charge in [-0.1, -0.05) is 0 Å². The second-order valence-electron chi connectivity index (χ2n) is 3.11. The summed E-state index contributed by atoms with van der Waals surface area (Å²) >= 11 is 0. The highest BCUT2D eigenvalue weighted by Crippen LogP contribution is 2.07. The molecule has 2 N–H and O–H groups in total. The van der Waals surface area contributed by atoms with Crippen molar-refractivity contribution in [2.75, 3.05) is 18.7 Å². The maximum atomic E-state index is 9.58. The maximum Gasteiger partial charge on any atom is 0.253 e. The lowest BCUT2D eigenvalue weighted by Crippen LogP contribution is -2.23. The van der Waals surface area contributed by atoms with Crippen molar-refractivity contribution in [1.29, 1.82) is 0 Å². The van der Waals surface area contributed by atoms with Crippen LogP contribution in [0.15, 0.2) is 5.16 Å². The molecule has 1 heterocycles. The number of hydrogen-bond acceptors (Lipinski definition) is 9. The predicted octanol–water partition coefficient (Wildman–Crippen LogP) is -0.130. The number of hydroxylamine groups is 2. The summed E-state index contributed by atoms with van der Waals surface area (Å²) in [6, 6.07) is 0. The second kappa shape index (κ2) is 7.48. The molecule has 0 aliphatic carbocycles. The van der Waals surface area contributed by atoms with Gasteiger partial charge in [0.1, 0.15) is 0 Å². The van der Waals surface area contributed by atoms with Gasteiger partial charge in [-0.2, -0.15) is 15.4 Å². The molecule has 100 valence electrons. The van der Waals surface area contributed by atoms with Gasteiger partial charge in [0.15, 0.2) is 18.3 Å². The fourth-order valence-electron chi connectivity index (χ4n) is 1.10. The first-order valence-electron chi connectivity index (χ1n) is 5.25. The third kappa shape index (κ3) is 4.20. The topological polar surface area (TPSA) is 105 Å². The quantitative estimate of drug-likeness (QED) is 0.489. The first-order chi connectivity index (χ1) is 8.71. The number of hydrogen-bond donors (Lipinski definition) is 2. The van der Waals surface area contributed by atoms with Crippen molar-refractivity contribution in [3.8, 4) is 0 Å². The van der Waals surface area contributed by atoms with Crippen LogP contribution < -0.4 is 10.5 Å². The summed E-state index contributed by atoms with van der Waals surface area (Å²) in [6.07, 6.45) is 0. The van der Waals surface area contributed by atoms with E-state index >= 15 is 0 Å². The summed E-state index contributed by atoms with van der Waals surface area (Å²) in [6.45, 7) is 5.62. The van der Waals surface area contributed by atoms with Gasteiger partial charge < -0.3 is 9.68 Å². The van der Waals surface area contributed by atoms with Crippen LogP contribution in [0.4, 0.5) is 5.95 Å². The molecule has 1 aromatic rings. The minimum Gasteiger partial charge on any atom is -0.388 e. The van der Waals surface area contributed by atoms with Crippen LogP contribution >= 0.6 is 0 Å². The Hall–Kier alpha value is -1.84. The zero-order valence-corrected chi connectivity index (χ0v) is 10.3. The molecule has 1 aromatic heterocycles. The monoisotopic (exact) mass is 256 g/mol. The van der Waals surface area contributed by atoms with Gasteiger partial charge in [-0.05, 0) is 6.92 Å². The van der Waals surface area contributed by atoms with Crippen molar-refractivity contribution < 1.29 is 14.9 Å². The van der Waals surface area contributed by atoms with Crippen LogP contribution in [0.25, 0.3) is 0 Å². The molecule has 1 rings (SSSR count). The molecule has 0 aromatic carbocycles. The second-order valence-corrected chi connectivity index (χ2v) is 3.11. The molecule has 0 saturated heterocycles. The van der Waals surface area contributed by atoms with Gasteiger partial charge in [0.25, 0.3) is 5.95 Å². The van der Waals surface area contributed by atoms with Crippen molar-refractivity contribution >= 4 is 12.7 Å². The number of oxime groups is 1. The lowest BCUT2D eigenvalue weighted by Gasteiger charge is -2.13. The van der Waals surface area contributed by atoms with E-state index in [2.05, 4.69) is 32.3 Å². The molecule has 0 spiro atoms. The van der Waals surface area contributed by atoms with E-state index < -0.39 is 0 Å². The summed E-state index contributed by atoms with van der Waals surface area (Å²) in [5.74, 6) is 0.896. The van der Waals surface area contributed by atoms with Crippen LogP contribution in [0.1, 0.15) is 18.6 Å². The molecule has 0 saturated carbocycles. The molecule has 0 aliphatic rings. The fourth-order valence-corrected chi connectivity index (χ4v) is 1.10. The summed E-state index contributed by atoms with van der Waals surface area (Å²) < 4.78 is 0. The van der Waals surface area contributed by atoms with Gasteiger partial charge in [0.2, 0.25) is 0 Å². The Balaban J connectivity index is 2.91. The molecule has 18 heavy (non-hydrogen) atoms. The molecular weight excluding hydrogens is 240 g/mol. The average molecular weight is 256 g/mol. The molecule has 0 aliphatic heterocycles. The standard InChI is InChI=1S/C9H16N6O3/c1-4-15(16)9-13-7(5-11-17-3)12-8(14-9)6-18-10-2/h11,16H,2,4-6H2,1,3H3. The van der Waals surface area contributed by atoms with E-state index in [0.29, 0.717) is 18.2 Å². The minimum atomic E-state index is 0.0521. The van der Waals surface area contributed by atoms with E-state index in [0.717, 1.165) is 5.06 Å². The largest absolute Gasteiger partial charge is 0.388 e. The Morgan fingerprint density at radius 3 is 2.72 bits per heavy atom. The first kappa shape index (κ1) is 14.2. The molecule has 0 unspecified atom stereocenters. The molecule has 0 bridgehead atoms. The minimum absolute atomic E-state index is 0.0521. The summed E-state index contributed by atoms with van der Waals surface area (Å²) in [5.41, 5.74) is 2.60. The molecule has 9 heteroatoms. The van der Waals surface area contributed by atoms with Crippen molar-refractivity contribution in [1.82, 2.24) is 20.4 Å². The van der Waals surface area contributed by atoms with Crippen LogP contribution in [0.5, 0.6) is 0 Å². The van der Waals surface area contributed by atoms with E-state index in [1.807, 2.05) is 0 Å². The molecule has 0 radical (unpaired) electrons. The van der Waals surface area contributed by atoms with Gasteiger partial charge in [0.05, 0.1) is 13.7 Å². The van der Waals surface area contributed by atoms with Crippen LogP contribution in [0.3, 0.4) is 0 Å². The van der Waals surface area contributed by atoms with Crippen LogP contribution in [-0.2, 0) is 22.8 Å². The maximum absolute atomic E-state index is 9.58. The van der Waals surface area contributed by atoms with E-state index in [1.54, 1.807) is 6.92 Å². The third-order valence-corrected chi connectivity index (χ3v) is 1.91. The number of anilines is 1. The highest BCUT2D eigenvalue weighted by molar-refractivity contribution is 5.24.